The topological polar surface area (TPSA) is 79.5 Å². The Morgan fingerprint density at radius 1 is 1.17 bits per heavy atom. The normalized spacial score (nSPS) is 17.3. The average molecular weight is 325 g/mol. The number of urea groups is 1. The summed E-state index contributed by atoms with van der Waals surface area (Å²) in [6, 6.07) is 10.6. The van der Waals surface area contributed by atoms with Gasteiger partial charge in [0.05, 0.1) is 18.7 Å². The SMILES string of the molecule is CNC(=O)C1=C(C)NC(=O)N[C@H]1c1ccc(OC)c2ccccc12. The van der Waals surface area contributed by atoms with Crippen LogP contribution in [0.5, 0.6) is 5.75 Å². The summed E-state index contributed by atoms with van der Waals surface area (Å²) < 4.78 is 5.42. The second-order valence-electron chi connectivity index (χ2n) is 5.55. The zero-order valence-corrected chi connectivity index (χ0v) is 13.8. The molecule has 1 aliphatic heterocycles. The van der Waals surface area contributed by atoms with Gasteiger partial charge in [-0.2, -0.15) is 0 Å². The molecule has 0 unspecified atom stereocenters. The molecule has 0 fully saturated rings. The van der Waals surface area contributed by atoms with Crippen LogP contribution >= 0.6 is 0 Å². The monoisotopic (exact) mass is 325 g/mol. The summed E-state index contributed by atoms with van der Waals surface area (Å²) in [6.07, 6.45) is 0. The van der Waals surface area contributed by atoms with E-state index < -0.39 is 6.04 Å². The Kier molecular flexibility index (Phi) is 4.12. The smallest absolute Gasteiger partial charge is 0.319 e. The third-order valence-corrected chi connectivity index (χ3v) is 4.19. The highest BCUT2D eigenvalue weighted by molar-refractivity contribution is 6.00. The molecule has 1 heterocycles. The first-order valence-corrected chi connectivity index (χ1v) is 7.62. The highest BCUT2D eigenvalue weighted by Gasteiger charge is 2.31. The summed E-state index contributed by atoms with van der Waals surface area (Å²) in [5.41, 5.74) is 1.88. The van der Waals surface area contributed by atoms with Crippen molar-refractivity contribution in [2.75, 3.05) is 14.2 Å². The Labute approximate surface area is 139 Å². The number of carbonyl (C=O) groups excluding carboxylic acids is 2. The number of hydrogen-bond donors (Lipinski definition) is 3. The Morgan fingerprint density at radius 2 is 1.88 bits per heavy atom. The molecule has 0 aliphatic carbocycles. The Hall–Kier alpha value is -3.02. The number of ether oxygens (including phenoxy) is 1. The lowest BCUT2D eigenvalue weighted by molar-refractivity contribution is -0.117. The maximum Gasteiger partial charge on any atom is 0.319 e. The molecule has 0 radical (unpaired) electrons. The maximum atomic E-state index is 12.3. The van der Waals surface area contributed by atoms with Gasteiger partial charge in [0.2, 0.25) is 0 Å². The number of fused-ring (bicyclic) bond motifs is 1. The summed E-state index contributed by atoms with van der Waals surface area (Å²) in [7, 11) is 3.19. The van der Waals surface area contributed by atoms with Crippen LogP contribution in [0, 0.1) is 0 Å². The molecule has 0 bridgehead atoms. The van der Waals surface area contributed by atoms with Crippen molar-refractivity contribution in [1.29, 1.82) is 0 Å². The van der Waals surface area contributed by atoms with Crippen molar-refractivity contribution in [2.45, 2.75) is 13.0 Å². The van der Waals surface area contributed by atoms with Crippen molar-refractivity contribution in [1.82, 2.24) is 16.0 Å². The third-order valence-electron chi connectivity index (χ3n) is 4.19. The van der Waals surface area contributed by atoms with E-state index >= 15 is 0 Å². The summed E-state index contributed by atoms with van der Waals surface area (Å²) in [6.45, 7) is 1.72. The summed E-state index contributed by atoms with van der Waals surface area (Å²) in [4.78, 5) is 24.3. The van der Waals surface area contributed by atoms with E-state index in [9.17, 15) is 9.59 Å². The van der Waals surface area contributed by atoms with Gasteiger partial charge in [0.25, 0.3) is 5.91 Å². The molecular weight excluding hydrogens is 306 g/mol. The first-order valence-electron chi connectivity index (χ1n) is 7.62. The maximum absolute atomic E-state index is 12.3. The molecular formula is C18H19N3O3. The summed E-state index contributed by atoms with van der Waals surface area (Å²) >= 11 is 0. The minimum atomic E-state index is -0.533. The molecule has 6 nitrogen and oxygen atoms in total. The summed E-state index contributed by atoms with van der Waals surface area (Å²) in [5, 5.41) is 10.0. The molecule has 3 N–H and O–H groups in total. The van der Waals surface area contributed by atoms with Crippen LogP contribution < -0.4 is 20.7 Å². The first kappa shape index (κ1) is 15.9. The molecule has 0 saturated carbocycles. The fraction of sp³-hybridized carbons (Fsp3) is 0.222. The fourth-order valence-corrected chi connectivity index (χ4v) is 3.09. The molecule has 1 atom stereocenters. The van der Waals surface area contributed by atoms with Gasteiger partial charge in [-0.05, 0) is 23.9 Å². The Bertz CT molecular complexity index is 858. The fourth-order valence-electron chi connectivity index (χ4n) is 3.09. The van der Waals surface area contributed by atoms with Crippen molar-refractivity contribution in [2.24, 2.45) is 0 Å². The molecule has 0 aromatic heterocycles. The van der Waals surface area contributed by atoms with E-state index in [1.165, 1.54) is 0 Å². The van der Waals surface area contributed by atoms with E-state index in [-0.39, 0.29) is 11.9 Å². The van der Waals surface area contributed by atoms with Crippen LogP contribution in [0.4, 0.5) is 4.79 Å². The van der Waals surface area contributed by atoms with Gasteiger partial charge in [-0.1, -0.05) is 30.3 Å². The van der Waals surface area contributed by atoms with E-state index in [0.29, 0.717) is 11.3 Å². The Morgan fingerprint density at radius 3 is 2.54 bits per heavy atom. The van der Waals surface area contributed by atoms with Crippen LogP contribution in [-0.4, -0.2) is 26.1 Å². The van der Waals surface area contributed by atoms with E-state index in [1.807, 2.05) is 36.4 Å². The number of likely N-dealkylation sites (N-methyl/N-ethyl adjacent to an activating group) is 1. The lowest BCUT2D eigenvalue weighted by Crippen LogP contribution is -2.46. The molecule has 1 aliphatic rings. The predicted octanol–water partition coefficient (Wildman–Crippen LogP) is 2.22. The van der Waals surface area contributed by atoms with Crippen LogP contribution in [0.3, 0.4) is 0 Å². The van der Waals surface area contributed by atoms with Crippen LogP contribution in [0.15, 0.2) is 47.7 Å². The van der Waals surface area contributed by atoms with E-state index in [4.69, 9.17) is 4.74 Å². The number of methoxy groups -OCH3 is 1. The van der Waals surface area contributed by atoms with Gasteiger partial charge in [-0.3, -0.25) is 4.79 Å². The molecule has 0 spiro atoms. The number of nitrogens with one attached hydrogen (secondary N) is 3. The highest BCUT2D eigenvalue weighted by Crippen LogP contribution is 2.35. The van der Waals surface area contributed by atoms with E-state index in [2.05, 4.69) is 16.0 Å². The van der Waals surface area contributed by atoms with Crippen LogP contribution in [0.1, 0.15) is 18.5 Å². The molecule has 124 valence electrons. The molecule has 24 heavy (non-hydrogen) atoms. The standard InChI is InChI=1S/C18H19N3O3/c1-10-15(17(22)19-2)16(21-18(23)20-10)13-8-9-14(24-3)12-7-5-4-6-11(12)13/h4-9,16H,1-3H3,(H,19,22)(H2,20,21,23)/t16-/m0/s1. The Balaban J connectivity index is 2.23. The summed E-state index contributed by atoms with van der Waals surface area (Å²) in [5.74, 6) is 0.515. The molecule has 3 rings (SSSR count). The zero-order valence-electron chi connectivity index (χ0n) is 13.8. The van der Waals surface area contributed by atoms with Gasteiger partial charge < -0.3 is 20.7 Å². The lowest BCUT2D eigenvalue weighted by Gasteiger charge is -2.29. The average Bonchev–Trinajstić information content (AvgIpc) is 2.59. The van der Waals surface area contributed by atoms with Gasteiger partial charge in [0, 0.05) is 18.1 Å². The van der Waals surface area contributed by atoms with Gasteiger partial charge in [0.1, 0.15) is 5.75 Å². The van der Waals surface area contributed by atoms with Gasteiger partial charge in [-0.15, -0.1) is 0 Å². The van der Waals surface area contributed by atoms with E-state index in [1.54, 1.807) is 21.1 Å². The first-order chi connectivity index (χ1) is 11.6. The van der Waals surface area contributed by atoms with Gasteiger partial charge >= 0.3 is 6.03 Å². The highest BCUT2D eigenvalue weighted by atomic mass is 16.5. The molecule has 2 aromatic carbocycles. The number of allylic oxidation sites excluding steroid dienone is 1. The van der Waals surface area contributed by atoms with Crippen molar-refractivity contribution >= 4 is 22.7 Å². The van der Waals surface area contributed by atoms with Crippen molar-refractivity contribution in [3.63, 3.8) is 0 Å². The lowest BCUT2D eigenvalue weighted by atomic mass is 9.90. The van der Waals surface area contributed by atoms with Crippen LogP contribution in [-0.2, 0) is 4.79 Å². The minimum absolute atomic E-state index is 0.232. The number of benzene rings is 2. The molecule has 2 aromatic rings. The quantitative estimate of drug-likeness (QED) is 0.809. The largest absolute Gasteiger partial charge is 0.496 e. The molecule has 3 amide bonds. The van der Waals surface area contributed by atoms with Crippen LogP contribution in [0.2, 0.25) is 0 Å². The van der Waals surface area contributed by atoms with Gasteiger partial charge in [-0.25, -0.2) is 4.79 Å². The minimum Gasteiger partial charge on any atom is -0.496 e. The van der Waals surface area contributed by atoms with E-state index in [0.717, 1.165) is 22.1 Å². The molecule has 0 saturated heterocycles. The number of amides is 3. The van der Waals surface area contributed by atoms with Gasteiger partial charge in [0.15, 0.2) is 0 Å². The zero-order chi connectivity index (χ0) is 17.3. The van der Waals surface area contributed by atoms with Crippen molar-refractivity contribution in [3.8, 4) is 5.75 Å². The number of carbonyl (C=O) groups is 2. The van der Waals surface area contributed by atoms with Crippen LogP contribution in [0.25, 0.3) is 10.8 Å². The second-order valence-corrected chi connectivity index (χ2v) is 5.55. The molecule has 6 heteroatoms. The number of rotatable bonds is 3. The second kappa shape index (κ2) is 6.23. The predicted molar refractivity (Wildman–Crippen MR) is 91.7 cm³/mol. The van der Waals surface area contributed by atoms with Crippen molar-refractivity contribution < 1.29 is 14.3 Å². The van der Waals surface area contributed by atoms with Crippen molar-refractivity contribution in [3.05, 3.63) is 53.2 Å². The number of hydrogen-bond acceptors (Lipinski definition) is 3. The third kappa shape index (κ3) is 2.56.